The summed E-state index contributed by atoms with van der Waals surface area (Å²) in [6, 6.07) is 16.2. The SMILES string of the molecule is Cc1ccc(S(=O)(=O)OCC(COS(=O)(=O)c2ccc(C)cc2)(COS(=O)(=O)c2ccc(C)cc2)[N+](=O)[O-])cc1. The molecule has 3 rings (SSSR count). The number of hydrogen-bond acceptors (Lipinski definition) is 11. The smallest absolute Gasteiger partial charge is 0.264 e. The van der Waals surface area contributed by atoms with E-state index in [1.807, 2.05) is 0 Å². The van der Waals surface area contributed by atoms with Gasteiger partial charge in [-0.2, -0.15) is 25.3 Å². The van der Waals surface area contributed by atoms with Crippen LogP contribution in [0, 0.1) is 30.9 Å². The first-order chi connectivity index (χ1) is 18.6. The Morgan fingerprint density at radius 1 is 0.550 bits per heavy atom. The molecule has 3 aromatic rings. The van der Waals surface area contributed by atoms with Gasteiger partial charge in [0.2, 0.25) is 0 Å². The Kier molecular flexibility index (Phi) is 9.49. The van der Waals surface area contributed by atoms with Gasteiger partial charge in [0.05, 0.1) is 14.7 Å². The Hall–Kier alpha value is -3.21. The van der Waals surface area contributed by atoms with Gasteiger partial charge < -0.3 is 0 Å². The predicted octanol–water partition coefficient (Wildman–Crippen LogP) is 3.14. The summed E-state index contributed by atoms with van der Waals surface area (Å²) in [5.74, 6) is 0. The van der Waals surface area contributed by atoms with E-state index in [1.54, 1.807) is 20.8 Å². The highest BCUT2D eigenvalue weighted by atomic mass is 32.2. The van der Waals surface area contributed by atoms with Crippen LogP contribution in [0.3, 0.4) is 0 Å². The number of nitro groups is 1. The standard InChI is InChI=1S/C25H27NO11S3/c1-19-4-10-22(11-5-19)38(29,30)35-16-25(26(27)28,17-36-39(31,32)23-12-6-20(2)7-13-23)18-37-40(33,34)24-14-8-21(3)9-15-24/h4-15H,16-18H2,1-3H3. The van der Waals surface area contributed by atoms with Crippen molar-refractivity contribution in [3.05, 3.63) is 99.6 Å². The quantitative estimate of drug-likeness (QED) is 0.157. The third-order valence-electron chi connectivity index (χ3n) is 5.76. The third-order valence-corrected chi connectivity index (χ3v) is 9.60. The van der Waals surface area contributed by atoms with E-state index >= 15 is 0 Å². The van der Waals surface area contributed by atoms with Crippen LogP contribution in [0.1, 0.15) is 16.7 Å². The Balaban J connectivity index is 1.94. The van der Waals surface area contributed by atoms with Gasteiger partial charge in [-0.1, -0.05) is 53.1 Å². The van der Waals surface area contributed by atoms with Crippen LogP contribution in [-0.2, 0) is 42.9 Å². The minimum atomic E-state index is -4.58. The van der Waals surface area contributed by atoms with E-state index in [0.29, 0.717) is 0 Å². The largest absolute Gasteiger partial charge is 0.297 e. The zero-order chi connectivity index (χ0) is 29.8. The molecule has 0 N–H and O–H groups in total. The van der Waals surface area contributed by atoms with Crippen LogP contribution in [0.5, 0.6) is 0 Å². The molecular weight excluding hydrogens is 586 g/mol. The molecule has 0 aliphatic heterocycles. The molecule has 0 unspecified atom stereocenters. The first-order valence-corrected chi connectivity index (χ1v) is 15.8. The highest BCUT2D eigenvalue weighted by Gasteiger charge is 2.49. The van der Waals surface area contributed by atoms with Gasteiger partial charge in [0.15, 0.2) is 0 Å². The zero-order valence-electron chi connectivity index (χ0n) is 21.7. The van der Waals surface area contributed by atoms with Crippen molar-refractivity contribution in [2.75, 3.05) is 19.8 Å². The second kappa shape index (κ2) is 12.1. The molecule has 40 heavy (non-hydrogen) atoms. The lowest BCUT2D eigenvalue weighted by atomic mass is 10.1. The van der Waals surface area contributed by atoms with Crippen molar-refractivity contribution in [2.24, 2.45) is 0 Å². The summed E-state index contributed by atoms with van der Waals surface area (Å²) in [6.07, 6.45) is 0. The highest BCUT2D eigenvalue weighted by molar-refractivity contribution is 7.87. The van der Waals surface area contributed by atoms with Crippen LogP contribution in [0.15, 0.2) is 87.5 Å². The number of aryl methyl sites for hydroxylation is 3. The molecule has 0 fully saturated rings. The van der Waals surface area contributed by atoms with E-state index in [9.17, 15) is 35.4 Å². The van der Waals surface area contributed by atoms with E-state index < -0.39 is 60.6 Å². The fraction of sp³-hybridized carbons (Fsp3) is 0.280. The van der Waals surface area contributed by atoms with Crippen molar-refractivity contribution in [2.45, 2.75) is 41.0 Å². The van der Waals surface area contributed by atoms with Crippen LogP contribution >= 0.6 is 0 Å². The van der Waals surface area contributed by atoms with Gasteiger partial charge in [-0.15, -0.1) is 0 Å². The zero-order valence-corrected chi connectivity index (χ0v) is 24.2. The summed E-state index contributed by atoms with van der Waals surface area (Å²) in [5, 5.41) is 12.3. The van der Waals surface area contributed by atoms with E-state index in [1.165, 1.54) is 72.8 Å². The predicted molar refractivity (Wildman–Crippen MR) is 143 cm³/mol. The lowest BCUT2D eigenvalue weighted by Crippen LogP contribution is -2.52. The van der Waals surface area contributed by atoms with E-state index in [4.69, 9.17) is 12.5 Å². The van der Waals surface area contributed by atoms with Crippen molar-refractivity contribution in [3.63, 3.8) is 0 Å². The average Bonchev–Trinajstić information content (AvgIpc) is 2.89. The summed E-state index contributed by atoms with van der Waals surface area (Å²) in [6.45, 7) is 1.24. The topological polar surface area (TPSA) is 173 Å². The second-order valence-electron chi connectivity index (χ2n) is 9.07. The summed E-state index contributed by atoms with van der Waals surface area (Å²) in [4.78, 5) is 10.2. The van der Waals surface area contributed by atoms with Crippen LogP contribution in [0.2, 0.25) is 0 Å². The molecule has 0 spiro atoms. The van der Waals surface area contributed by atoms with Gasteiger partial charge in [-0.3, -0.25) is 22.7 Å². The molecule has 15 heteroatoms. The van der Waals surface area contributed by atoms with E-state index in [0.717, 1.165) is 16.7 Å². The summed E-state index contributed by atoms with van der Waals surface area (Å²) < 4.78 is 91.4. The van der Waals surface area contributed by atoms with Crippen molar-refractivity contribution >= 4 is 30.4 Å². The molecular formula is C25H27NO11S3. The monoisotopic (exact) mass is 613 g/mol. The molecule has 0 heterocycles. The van der Waals surface area contributed by atoms with Crippen LogP contribution < -0.4 is 0 Å². The first-order valence-electron chi connectivity index (χ1n) is 11.6. The summed E-state index contributed by atoms with van der Waals surface area (Å²) >= 11 is 0. The normalized spacial score (nSPS) is 12.8. The molecule has 216 valence electrons. The minimum absolute atomic E-state index is 0.322. The van der Waals surface area contributed by atoms with Gasteiger partial charge in [0.1, 0.15) is 19.8 Å². The van der Waals surface area contributed by atoms with Crippen LogP contribution in [-0.4, -0.2) is 55.5 Å². The van der Waals surface area contributed by atoms with Gasteiger partial charge in [-0.05, 0) is 57.2 Å². The summed E-state index contributed by atoms with van der Waals surface area (Å²) in [5.41, 5.74) is -0.568. The molecule has 0 aromatic heterocycles. The van der Waals surface area contributed by atoms with Crippen LogP contribution in [0.4, 0.5) is 0 Å². The Labute approximate surface area is 233 Å². The Morgan fingerprint density at radius 3 is 0.975 bits per heavy atom. The summed E-state index contributed by atoms with van der Waals surface area (Å²) in [7, 11) is -13.7. The average molecular weight is 614 g/mol. The molecule has 0 aliphatic carbocycles. The maximum absolute atomic E-state index is 12.8. The number of benzene rings is 3. The molecule has 12 nitrogen and oxygen atoms in total. The number of hydrogen-bond donors (Lipinski definition) is 0. The highest BCUT2D eigenvalue weighted by Crippen LogP contribution is 2.24. The molecule has 0 saturated carbocycles. The molecule has 0 aliphatic rings. The Morgan fingerprint density at radius 2 is 0.775 bits per heavy atom. The van der Waals surface area contributed by atoms with Crippen molar-refractivity contribution in [1.29, 1.82) is 0 Å². The minimum Gasteiger partial charge on any atom is -0.264 e. The van der Waals surface area contributed by atoms with Crippen LogP contribution in [0.25, 0.3) is 0 Å². The van der Waals surface area contributed by atoms with E-state index in [-0.39, 0.29) is 14.7 Å². The van der Waals surface area contributed by atoms with E-state index in [2.05, 4.69) is 0 Å². The molecule has 0 amide bonds. The van der Waals surface area contributed by atoms with Gasteiger partial charge in [0.25, 0.3) is 35.9 Å². The second-order valence-corrected chi connectivity index (χ2v) is 13.9. The molecule has 3 aromatic carbocycles. The first kappa shape index (κ1) is 31.3. The molecule has 0 radical (unpaired) electrons. The third kappa shape index (κ3) is 7.71. The van der Waals surface area contributed by atoms with Crippen molar-refractivity contribution in [1.82, 2.24) is 0 Å². The van der Waals surface area contributed by atoms with Gasteiger partial charge >= 0.3 is 0 Å². The fourth-order valence-electron chi connectivity index (χ4n) is 3.16. The number of rotatable bonds is 13. The molecule has 0 saturated heterocycles. The maximum Gasteiger partial charge on any atom is 0.297 e. The Bertz CT molecular complexity index is 1470. The van der Waals surface area contributed by atoms with Crippen molar-refractivity contribution < 1.29 is 42.7 Å². The fourth-order valence-corrected chi connectivity index (χ4v) is 6.10. The van der Waals surface area contributed by atoms with Gasteiger partial charge in [0, 0.05) is 4.92 Å². The molecule has 0 atom stereocenters. The maximum atomic E-state index is 12.8. The van der Waals surface area contributed by atoms with Gasteiger partial charge in [-0.25, -0.2) is 0 Å². The lowest BCUT2D eigenvalue weighted by molar-refractivity contribution is -0.577. The van der Waals surface area contributed by atoms with Crippen molar-refractivity contribution in [3.8, 4) is 0 Å². The number of nitrogens with zero attached hydrogens (tertiary/aromatic N) is 1. The molecule has 0 bridgehead atoms. The lowest BCUT2D eigenvalue weighted by Gasteiger charge is -2.24.